The van der Waals surface area contributed by atoms with Crippen LogP contribution < -0.4 is 5.56 Å². The molecule has 1 aromatic heterocycles. The van der Waals surface area contributed by atoms with Crippen molar-refractivity contribution in [3.8, 4) is 11.3 Å². The fourth-order valence-corrected chi connectivity index (χ4v) is 2.34. The number of hydrogen-bond donors (Lipinski definition) is 1. The Labute approximate surface area is 115 Å². The molecule has 5 heteroatoms. The lowest BCUT2D eigenvalue weighted by atomic mass is 9.98. The predicted molar refractivity (Wildman–Crippen MR) is 74.4 cm³/mol. The lowest BCUT2D eigenvalue weighted by Gasteiger charge is -2.11. The molecule has 0 aliphatic heterocycles. The van der Waals surface area contributed by atoms with Gasteiger partial charge in [0.1, 0.15) is 0 Å². The summed E-state index contributed by atoms with van der Waals surface area (Å²) in [6, 6.07) is 5.15. The van der Waals surface area contributed by atoms with E-state index in [1.54, 1.807) is 18.2 Å². The molecule has 0 saturated carbocycles. The molecule has 1 N–H and O–H groups in total. The van der Waals surface area contributed by atoms with Crippen LogP contribution in [-0.2, 0) is 0 Å². The van der Waals surface area contributed by atoms with E-state index in [1.807, 2.05) is 13.8 Å². The van der Waals surface area contributed by atoms with Crippen LogP contribution in [0, 0.1) is 0 Å². The van der Waals surface area contributed by atoms with Gasteiger partial charge in [-0.3, -0.25) is 4.79 Å². The molecule has 1 aromatic carbocycles. The van der Waals surface area contributed by atoms with Crippen LogP contribution >= 0.6 is 23.2 Å². The van der Waals surface area contributed by atoms with E-state index in [4.69, 9.17) is 23.2 Å². The first-order valence-electron chi connectivity index (χ1n) is 5.53. The Kier molecular flexibility index (Phi) is 3.73. The van der Waals surface area contributed by atoms with E-state index < -0.39 is 0 Å². The SMILES string of the molecule is CC(C)c1c(-c2ccc(Cl)cc2Cl)nc[nH]c1=O. The Morgan fingerprint density at radius 2 is 2.00 bits per heavy atom. The van der Waals surface area contributed by atoms with Crippen LogP contribution in [0.5, 0.6) is 0 Å². The molecule has 0 spiro atoms. The first-order valence-corrected chi connectivity index (χ1v) is 6.29. The minimum atomic E-state index is -0.138. The number of nitrogens with zero attached hydrogens (tertiary/aromatic N) is 1. The van der Waals surface area contributed by atoms with Gasteiger partial charge in [0, 0.05) is 16.1 Å². The van der Waals surface area contributed by atoms with Gasteiger partial charge < -0.3 is 4.98 Å². The molecule has 0 aliphatic rings. The van der Waals surface area contributed by atoms with E-state index in [-0.39, 0.29) is 11.5 Å². The zero-order valence-corrected chi connectivity index (χ0v) is 11.5. The van der Waals surface area contributed by atoms with Gasteiger partial charge >= 0.3 is 0 Å². The Morgan fingerprint density at radius 1 is 1.28 bits per heavy atom. The maximum Gasteiger partial charge on any atom is 0.254 e. The summed E-state index contributed by atoms with van der Waals surface area (Å²) in [6.45, 7) is 3.89. The van der Waals surface area contributed by atoms with Crippen LogP contribution in [0.3, 0.4) is 0 Å². The molecule has 3 nitrogen and oxygen atoms in total. The van der Waals surface area contributed by atoms with Gasteiger partial charge in [-0.15, -0.1) is 0 Å². The highest BCUT2D eigenvalue weighted by atomic mass is 35.5. The molecule has 2 rings (SSSR count). The van der Waals surface area contributed by atoms with E-state index in [0.29, 0.717) is 21.3 Å². The molecule has 94 valence electrons. The number of aromatic nitrogens is 2. The Hall–Kier alpha value is -1.32. The minimum absolute atomic E-state index is 0.0594. The number of halogens is 2. The van der Waals surface area contributed by atoms with Crippen LogP contribution in [0.15, 0.2) is 29.3 Å². The molecule has 0 saturated heterocycles. The molecule has 0 radical (unpaired) electrons. The second-order valence-electron chi connectivity index (χ2n) is 4.27. The normalized spacial score (nSPS) is 10.9. The highest BCUT2D eigenvalue weighted by molar-refractivity contribution is 6.36. The van der Waals surface area contributed by atoms with Gasteiger partial charge in [0.05, 0.1) is 17.0 Å². The minimum Gasteiger partial charge on any atom is -0.313 e. The average molecular weight is 283 g/mol. The Morgan fingerprint density at radius 3 is 2.61 bits per heavy atom. The quantitative estimate of drug-likeness (QED) is 0.909. The van der Waals surface area contributed by atoms with Crippen molar-refractivity contribution < 1.29 is 0 Å². The molecule has 0 unspecified atom stereocenters. The van der Waals surface area contributed by atoms with Crippen LogP contribution in [0.25, 0.3) is 11.3 Å². The number of rotatable bonds is 2. The standard InChI is InChI=1S/C13H12Cl2N2O/c1-7(2)11-12(16-6-17-13(11)18)9-4-3-8(14)5-10(9)15/h3-7H,1-2H3,(H,16,17,18). The third-order valence-corrected chi connectivity index (χ3v) is 3.20. The molecular formula is C13H12Cl2N2O. The molecule has 0 bridgehead atoms. The lowest BCUT2D eigenvalue weighted by Crippen LogP contribution is -2.16. The van der Waals surface area contributed by atoms with Crippen molar-refractivity contribution in [1.82, 2.24) is 9.97 Å². The maximum absolute atomic E-state index is 11.9. The summed E-state index contributed by atoms with van der Waals surface area (Å²) >= 11 is 12.0. The van der Waals surface area contributed by atoms with Crippen LogP contribution in [0.2, 0.25) is 10.0 Å². The predicted octanol–water partition coefficient (Wildman–Crippen LogP) is 3.87. The molecule has 0 atom stereocenters. The molecular weight excluding hydrogens is 271 g/mol. The van der Waals surface area contributed by atoms with Gasteiger partial charge in [-0.25, -0.2) is 4.98 Å². The fraction of sp³-hybridized carbons (Fsp3) is 0.231. The van der Waals surface area contributed by atoms with Crippen molar-refractivity contribution in [2.75, 3.05) is 0 Å². The van der Waals surface area contributed by atoms with E-state index in [2.05, 4.69) is 9.97 Å². The van der Waals surface area contributed by atoms with Gasteiger partial charge in [-0.2, -0.15) is 0 Å². The smallest absolute Gasteiger partial charge is 0.254 e. The molecule has 0 aliphatic carbocycles. The summed E-state index contributed by atoms with van der Waals surface area (Å²) in [4.78, 5) is 18.7. The van der Waals surface area contributed by atoms with Crippen molar-refractivity contribution in [1.29, 1.82) is 0 Å². The third kappa shape index (κ3) is 2.42. The topological polar surface area (TPSA) is 45.8 Å². The number of hydrogen-bond acceptors (Lipinski definition) is 2. The second-order valence-corrected chi connectivity index (χ2v) is 5.12. The largest absolute Gasteiger partial charge is 0.313 e. The highest BCUT2D eigenvalue weighted by Crippen LogP contribution is 2.32. The van der Waals surface area contributed by atoms with E-state index in [0.717, 1.165) is 5.56 Å². The van der Waals surface area contributed by atoms with Crippen molar-refractivity contribution in [3.63, 3.8) is 0 Å². The number of nitrogens with one attached hydrogen (secondary N) is 1. The van der Waals surface area contributed by atoms with E-state index in [9.17, 15) is 4.79 Å². The zero-order valence-electron chi connectivity index (χ0n) is 10.00. The highest BCUT2D eigenvalue weighted by Gasteiger charge is 2.16. The van der Waals surface area contributed by atoms with Crippen LogP contribution in [0.1, 0.15) is 25.3 Å². The summed E-state index contributed by atoms with van der Waals surface area (Å²) in [6.07, 6.45) is 1.38. The van der Waals surface area contributed by atoms with Gasteiger partial charge in [0.2, 0.25) is 0 Å². The van der Waals surface area contributed by atoms with Crippen molar-refractivity contribution in [2.45, 2.75) is 19.8 Å². The third-order valence-electron chi connectivity index (χ3n) is 2.65. The van der Waals surface area contributed by atoms with Gasteiger partial charge in [-0.1, -0.05) is 37.0 Å². The number of benzene rings is 1. The fourth-order valence-electron chi connectivity index (χ4n) is 1.84. The van der Waals surface area contributed by atoms with Crippen LogP contribution in [-0.4, -0.2) is 9.97 Å². The first-order chi connectivity index (χ1) is 8.50. The van der Waals surface area contributed by atoms with Crippen molar-refractivity contribution in [3.05, 3.63) is 50.5 Å². The summed E-state index contributed by atoms with van der Waals surface area (Å²) in [5.74, 6) is 0.0594. The monoisotopic (exact) mass is 282 g/mol. The maximum atomic E-state index is 11.9. The molecule has 0 fully saturated rings. The molecule has 18 heavy (non-hydrogen) atoms. The van der Waals surface area contributed by atoms with E-state index in [1.165, 1.54) is 6.33 Å². The Balaban J connectivity index is 2.71. The first kappa shape index (κ1) is 13.1. The van der Waals surface area contributed by atoms with Gasteiger partial charge in [0.25, 0.3) is 5.56 Å². The average Bonchev–Trinajstić information content (AvgIpc) is 2.28. The van der Waals surface area contributed by atoms with E-state index >= 15 is 0 Å². The summed E-state index contributed by atoms with van der Waals surface area (Å²) < 4.78 is 0. The zero-order chi connectivity index (χ0) is 13.3. The summed E-state index contributed by atoms with van der Waals surface area (Å²) in [5.41, 5.74) is 1.81. The van der Waals surface area contributed by atoms with Crippen LogP contribution in [0.4, 0.5) is 0 Å². The van der Waals surface area contributed by atoms with Gasteiger partial charge in [-0.05, 0) is 24.1 Å². The van der Waals surface area contributed by atoms with Crippen molar-refractivity contribution in [2.24, 2.45) is 0 Å². The second kappa shape index (κ2) is 5.12. The summed E-state index contributed by atoms with van der Waals surface area (Å²) in [5, 5.41) is 1.04. The lowest BCUT2D eigenvalue weighted by molar-refractivity contribution is 0.833. The summed E-state index contributed by atoms with van der Waals surface area (Å²) in [7, 11) is 0. The molecule has 0 amide bonds. The number of aromatic amines is 1. The van der Waals surface area contributed by atoms with Gasteiger partial charge in [0.15, 0.2) is 0 Å². The molecule has 2 aromatic rings. The Bertz CT molecular complexity index is 635. The van der Waals surface area contributed by atoms with Crippen molar-refractivity contribution >= 4 is 23.2 Å². The number of H-pyrrole nitrogens is 1. The molecule has 1 heterocycles.